The number of nitrogens with zero attached hydrogens (tertiary/aromatic N) is 1. The molecule has 0 radical (unpaired) electrons. The number of pyridine rings is 1. The number of carbonyl (C=O) groups is 1. The molecule has 0 saturated carbocycles. The van der Waals surface area contributed by atoms with Crippen LogP contribution in [0, 0.1) is 26.6 Å². The molecule has 0 fully saturated rings. The lowest BCUT2D eigenvalue weighted by atomic mass is 10.1. The first-order chi connectivity index (χ1) is 11.0. The zero-order valence-electron chi connectivity index (χ0n) is 13.3. The number of aryl methyl sites for hydroxylation is 3. The van der Waals surface area contributed by atoms with Crippen molar-refractivity contribution in [2.75, 3.05) is 5.32 Å². The topological polar surface area (TPSA) is 42.0 Å². The standard InChI is InChI=1S/C19H17FN2O/c1-11-5-4-6-12(2)18(11)22-19(23)16-9-13(3)21-17-8-7-14(20)10-15(16)17/h4-10H,1-3H3,(H,22,23). The molecule has 0 atom stereocenters. The Morgan fingerprint density at radius 3 is 2.43 bits per heavy atom. The Labute approximate surface area is 134 Å². The lowest BCUT2D eigenvalue weighted by molar-refractivity contribution is 0.102. The molecule has 0 saturated heterocycles. The van der Waals surface area contributed by atoms with Gasteiger partial charge in [0.05, 0.1) is 11.1 Å². The van der Waals surface area contributed by atoms with Gasteiger partial charge < -0.3 is 5.32 Å². The highest BCUT2D eigenvalue weighted by Gasteiger charge is 2.14. The van der Waals surface area contributed by atoms with Gasteiger partial charge in [-0.05, 0) is 56.2 Å². The number of amides is 1. The lowest BCUT2D eigenvalue weighted by Crippen LogP contribution is -2.15. The molecule has 0 aliphatic rings. The van der Waals surface area contributed by atoms with E-state index >= 15 is 0 Å². The maximum Gasteiger partial charge on any atom is 0.256 e. The highest BCUT2D eigenvalue weighted by molar-refractivity contribution is 6.12. The first kappa shape index (κ1) is 15.2. The number of nitrogens with one attached hydrogen (secondary N) is 1. The number of aromatic nitrogens is 1. The molecule has 0 bridgehead atoms. The molecule has 23 heavy (non-hydrogen) atoms. The van der Waals surface area contributed by atoms with E-state index in [-0.39, 0.29) is 11.7 Å². The fourth-order valence-corrected chi connectivity index (χ4v) is 2.71. The monoisotopic (exact) mass is 308 g/mol. The van der Waals surface area contributed by atoms with Gasteiger partial charge in [-0.25, -0.2) is 4.39 Å². The van der Waals surface area contributed by atoms with E-state index in [4.69, 9.17) is 0 Å². The molecule has 1 N–H and O–H groups in total. The van der Waals surface area contributed by atoms with Crippen molar-refractivity contribution < 1.29 is 9.18 Å². The number of anilines is 1. The van der Waals surface area contributed by atoms with Crippen LogP contribution in [0.5, 0.6) is 0 Å². The number of para-hydroxylation sites is 1. The highest BCUT2D eigenvalue weighted by atomic mass is 19.1. The average Bonchev–Trinajstić information content (AvgIpc) is 2.50. The van der Waals surface area contributed by atoms with Crippen LogP contribution in [0.15, 0.2) is 42.5 Å². The maximum atomic E-state index is 13.6. The molecule has 3 nitrogen and oxygen atoms in total. The van der Waals surface area contributed by atoms with Crippen molar-refractivity contribution in [3.05, 3.63) is 70.7 Å². The molecular formula is C19H17FN2O. The minimum Gasteiger partial charge on any atom is -0.321 e. The third-order valence-corrected chi connectivity index (χ3v) is 3.86. The zero-order valence-corrected chi connectivity index (χ0v) is 13.3. The largest absolute Gasteiger partial charge is 0.321 e. The second-order valence-electron chi connectivity index (χ2n) is 5.69. The molecule has 3 aromatic rings. The summed E-state index contributed by atoms with van der Waals surface area (Å²) in [6, 6.07) is 11.8. The third kappa shape index (κ3) is 2.93. The molecule has 116 valence electrons. The van der Waals surface area contributed by atoms with E-state index < -0.39 is 0 Å². The molecule has 3 rings (SSSR count). The van der Waals surface area contributed by atoms with Gasteiger partial charge in [-0.2, -0.15) is 0 Å². The van der Waals surface area contributed by atoms with Crippen LogP contribution in [0.4, 0.5) is 10.1 Å². The number of hydrogen-bond donors (Lipinski definition) is 1. The van der Waals surface area contributed by atoms with E-state index in [0.717, 1.165) is 22.5 Å². The number of benzene rings is 2. The van der Waals surface area contributed by atoms with Gasteiger partial charge in [0.1, 0.15) is 5.82 Å². The SMILES string of the molecule is Cc1cc(C(=O)Nc2c(C)cccc2C)c2cc(F)ccc2n1. The van der Waals surface area contributed by atoms with Gasteiger partial charge >= 0.3 is 0 Å². The quantitative estimate of drug-likeness (QED) is 0.754. The van der Waals surface area contributed by atoms with Crippen LogP contribution in [0.2, 0.25) is 0 Å². The number of fused-ring (bicyclic) bond motifs is 1. The number of halogens is 1. The highest BCUT2D eigenvalue weighted by Crippen LogP contribution is 2.24. The number of rotatable bonds is 2. The summed E-state index contributed by atoms with van der Waals surface area (Å²) >= 11 is 0. The van der Waals surface area contributed by atoms with E-state index in [9.17, 15) is 9.18 Å². The second-order valence-corrected chi connectivity index (χ2v) is 5.69. The minimum atomic E-state index is -0.385. The summed E-state index contributed by atoms with van der Waals surface area (Å²) in [5.74, 6) is -0.646. The van der Waals surface area contributed by atoms with Gasteiger partial charge in [0.2, 0.25) is 0 Å². The maximum absolute atomic E-state index is 13.6. The van der Waals surface area contributed by atoms with Gasteiger partial charge in [0.25, 0.3) is 5.91 Å². The molecular weight excluding hydrogens is 291 g/mol. The van der Waals surface area contributed by atoms with Gasteiger partial charge in [0.15, 0.2) is 0 Å². The Morgan fingerprint density at radius 1 is 1.04 bits per heavy atom. The second kappa shape index (κ2) is 5.80. The normalized spacial score (nSPS) is 10.8. The summed E-state index contributed by atoms with van der Waals surface area (Å²) in [6.07, 6.45) is 0. The van der Waals surface area contributed by atoms with Crippen molar-refractivity contribution in [2.45, 2.75) is 20.8 Å². The Balaban J connectivity index is 2.09. The van der Waals surface area contributed by atoms with Crippen LogP contribution in [-0.4, -0.2) is 10.9 Å². The Kier molecular flexibility index (Phi) is 3.82. The molecule has 2 aromatic carbocycles. The minimum absolute atomic E-state index is 0.261. The molecule has 1 aromatic heterocycles. The van der Waals surface area contributed by atoms with Gasteiger partial charge in [0, 0.05) is 16.8 Å². The van der Waals surface area contributed by atoms with Crippen LogP contribution in [0.1, 0.15) is 27.2 Å². The summed E-state index contributed by atoms with van der Waals surface area (Å²) in [4.78, 5) is 17.1. The van der Waals surface area contributed by atoms with Crippen molar-refractivity contribution in [2.24, 2.45) is 0 Å². The summed E-state index contributed by atoms with van der Waals surface area (Å²) < 4.78 is 13.6. The van der Waals surface area contributed by atoms with E-state index in [0.29, 0.717) is 16.5 Å². The van der Waals surface area contributed by atoms with Crippen LogP contribution >= 0.6 is 0 Å². The molecule has 1 heterocycles. The fourth-order valence-electron chi connectivity index (χ4n) is 2.71. The smallest absolute Gasteiger partial charge is 0.256 e. The predicted octanol–water partition coefficient (Wildman–Crippen LogP) is 4.55. The number of hydrogen-bond acceptors (Lipinski definition) is 2. The van der Waals surface area contributed by atoms with Gasteiger partial charge in [-0.3, -0.25) is 9.78 Å². The fraction of sp³-hybridized carbons (Fsp3) is 0.158. The van der Waals surface area contributed by atoms with Crippen LogP contribution in [0.25, 0.3) is 10.9 Å². The van der Waals surface area contributed by atoms with Crippen LogP contribution in [0.3, 0.4) is 0 Å². The Bertz CT molecular complexity index is 898. The lowest BCUT2D eigenvalue weighted by Gasteiger charge is -2.13. The summed E-state index contributed by atoms with van der Waals surface area (Å²) in [5, 5.41) is 3.46. The Hall–Kier alpha value is -2.75. The summed E-state index contributed by atoms with van der Waals surface area (Å²) in [7, 11) is 0. The van der Waals surface area contributed by atoms with Crippen molar-refractivity contribution in [1.82, 2.24) is 4.98 Å². The molecule has 0 aliphatic carbocycles. The van der Waals surface area contributed by atoms with E-state index in [1.165, 1.54) is 12.1 Å². The van der Waals surface area contributed by atoms with Crippen molar-refractivity contribution in [1.29, 1.82) is 0 Å². The predicted molar refractivity (Wildman–Crippen MR) is 90.3 cm³/mol. The zero-order chi connectivity index (χ0) is 16.6. The summed E-state index contributed by atoms with van der Waals surface area (Å²) in [6.45, 7) is 5.70. The molecule has 0 aliphatic heterocycles. The van der Waals surface area contributed by atoms with Crippen molar-refractivity contribution in [3.8, 4) is 0 Å². The molecule has 0 spiro atoms. The molecule has 4 heteroatoms. The van der Waals surface area contributed by atoms with Crippen LogP contribution < -0.4 is 5.32 Å². The first-order valence-corrected chi connectivity index (χ1v) is 7.40. The molecule has 1 amide bonds. The van der Waals surface area contributed by atoms with E-state index in [2.05, 4.69) is 10.3 Å². The molecule has 0 unspecified atom stereocenters. The Morgan fingerprint density at radius 2 is 1.74 bits per heavy atom. The van der Waals surface area contributed by atoms with E-state index in [1.54, 1.807) is 12.1 Å². The first-order valence-electron chi connectivity index (χ1n) is 7.40. The van der Waals surface area contributed by atoms with Crippen LogP contribution in [-0.2, 0) is 0 Å². The van der Waals surface area contributed by atoms with Gasteiger partial charge in [-0.15, -0.1) is 0 Å². The van der Waals surface area contributed by atoms with Crippen molar-refractivity contribution >= 4 is 22.5 Å². The van der Waals surface area contributed by atoms with Gasteiger partial charge in [-0.1, -0.05) is 18.2 Å². The van der Waals surface area contributed by atoms with E-state index in [1.807, 2.05) is 39.0 Å². The third-order valence-electron chi connectivity index (χ3n) is 3.86. The number of carbonyl (C=O) groups excluding carboxylic acids is 1. The van der Waals surface area contributed by atoms with Crippen molar-refractivity contribution in [3.63, 3.8) is 0 Å². The summed E-state index contributed by atoms with van der Waals surface area (Å²) in [5.41, 5.74) is 4.51. The average molecular weight is 308 g/mol.